The number of amides is 2. The number of hydrogen-bond donors (Lipinski definition) is 2. The number of rotatable bonds is 4. The number of hydrogen-bond acceptors (Lipinski definition) is 2. The first kappa shape index (κ1) is 15.4. The highest BCUT2D eigenvalue weighted by molar-refractivity contribution is 6.13. The van der Waals surface area contributed by atoms with E-state index in [9.17, 15) is 9.59 Å². The molecule has 2 amide bonds. The fraction of sp³-hybridized carbons (Fsp3) is 0.143. The standard InChI is InChI=1S/C21H18N2O2/c24-20(22-17-12-13-17)15-8-10-16(11-9-15)23-21(25)19-7-3-5-14-4-1-2-6-18(14)19/h1-11,17H,12-13H2,(H,22,24)(H,23,25). The molecule has 124 valence electrons. The summed E-state index contributed by atoms with van der Waals surface area (Å²) >= 11 is 0. The van der Waals surface area contributed by atoms with Crippen LogP contribution in [0.3, 0.4) is 0 Å². The third kappa shape index (κ3) is 3.38. The SMILES string of the molecule is O=C(NC1CC1)c1ccc(NC(=O)c2cccc3ccccc23)cc1. The van der Waals surface area contributed by atoms with Crippen molar-refractivity contribution in [1.82, 2.24) is 5.32 Å². The van der Waals surface area contributed by atoms with Gasteiger partial charge in [-0.15, -0.1) is 0 Å². The number of anilines is 1. The van der Waals surface area contributed by atoms with Gasteiger partial charge in [-0.2, -0.15) is 0 Å². The Kier molecular flexibility index (Phi) is 3.94. The molecule has 1 saturated carbocycles. The molecule has 0 aromatic heterocycles. The van der Waals surface area contributed by atoms with Gasteiger partial charge in [0.05, 0.1) is 0 Å². The zero-order valence-electron chi connectivity index (χ0n) is 13.7. The second-order valence-corrected chi connectivity index (χ2v) is 6.31. The Morgan fingerprint density at radius 3 is 2.28 bits per heavy atom. The first-order valence-electron chi connectivity index (χ1n) is 8.41. The van der Waals surface area contributed by atoms with Gasteiger partial charge < -0.3 is 10.6 Å². The second-order valence-electron chi connectivity index (χ2n) is 6.31. The van der Waals surface area contributed by atoms with Crippen LogP contribution in [0.2, 0.25) is 0 Å². The van der Waals surface area contributed by atoms with Gasteiger partial charge in [-0.3, -0.25) is 9.59 Å². The third-order valence-corrected chi connectivity index (χ3v) is 4.35. The minimum absolute atomic E-state index is 0.0607. The number of nitrogens with one attached hydrogen (secondary N) is 2. The van der Waals surface area contributed by atoms with E-state index < -0.39 is 0 Å². The highest BCUT2D eigenvalue weighted by Gasteiger charge is 2.23. The predicted molar refractivity (Wildman–Crippen MR) is 98.8 cm³/mol. The van der Waals surface area contributed by atoms with Gasteiger partial charge in [0.25, 0.3) is 11.8 Å². The Labute approximate surface area is 145 Å². The van der Waals surface area contributed by atoms with Crippen molar-refractivity contribution in [2.24, 2.45) is 0 Å². The Hall–Kier alpha value is -3.14. The van der Waals surface area contributed by atoms with E-state index in [4.69, 9.17) is 0 Å². The van der Waals surface area contributed by atoms with E-state index in [1.165, 1.54) is 0 Å². The molecular weight excluding hydrogens is 312 g/mol. The molecule has 0 atom stereocenters. The molecule has 0 unspecified atom stereocenters. The van der Waals surface area contributed by atoms with Gasteiger partial charge in [0, 0.05) is 22.9 Å². The number of carbonyl (C=O) groups excluding carboxylic acids is 2. The monoisotopic (exact) mass is 330 g/mol. The lowest BCUT2D eigenvalue weighted by atomic mass is 10.0. The molecule has 0 aliphatic heterocycles. The zero-order chi connectivity index (χ0) is 17.2. The predicted octanol–water partition coefficient (Wildman–Crippen LogP) is 3.98. The first-order chi connectivity index (χ1) is 12.2. The summed E-state index contributed by atoms with van der Waals surface area (Å²) in [6, 6.07) is 20.8. The van der Waals surface area contributed by atoms with E-state index >= 15 is 0 Å². The normalized spacial score (nSPS) is 13.4. The average Bonchev–Trinajstić information content (AvgIpc) is 3.45. The quantitative estimate of drug-likeness (QED) is 0.760. The molecule has 4 nitrogen and oxygen atoms in total. The minimum atomic E-state index is -0.160. The van der Waals surface area contributed by atoms with Gasteiger partial charge in [-0.25, -0.2) is 0 Å². The molecule has 1 aliphatic carbocycles. The van der Waals surface area contributed by atoms with E-state index in [0.717, 1.165) is 23.6 Å². The van der Waals surface area contributed by atoms with Crippen LogP contribution in [0.4, 0.5) is 5.69 Å². The van der Waals surface area contributed by atoms with Crippen LogP contribution < -0.4 is 10.6 Å². The molecule has 25 heavy (non-hydrogen) atoms. The lowest BCUT2D eigenvalue weighted by Crippen LogP contribution is -2.25. The van der Waals surface area contributed by atoms with Crippen LogP contribution in [0.25, 0.3) is 10.8 Å². The first-order valence-corrected chi connectivity index (χ1v) is 8.41. The van der Waals surface area contributed by atoms with Crippen LogP contribution in [0, 0.1) is 0 Å². The Morgan fingerprint density at radius 1 is 0.800 bits per heavy atom. The van der Waals surface area contributed by atoms with E-state index in [2.05, 4.69) is 10.6 Å². The summed E-state index contributed by atoms with van der Waals surface area (Å²) in [5, 5.41) is 7.80. The van der Waals surface area contributed by atoms with Gasteiger partial charge in [0.2, 0.25) is 0 Å². The molecule has 3 aromatic carbocycles. The highest BCUT2D eigenvalue weighted by atomic mass is 16.2. The maximum Gasteiger partial charge on any atom is 0.256 e. The molecule has 0 radical (unpaired) electrons. The lowest BCUT2D eigenvalue weighted by Gasteiger charge is -2.09. The topological polar surface area (TPSA) is 58.2 Å². The smallest absolute Gasteiger partial charge is 0.256 e. The van der Waals surface area contributed by atoms with Crippen molar-refractivity contribution in [3.8, 4) is 0 Å². The van der Waals surface area contributed by atoms with Gasteiger partial charge in [-0.05, 0) is 53.9 Å². The summed E-state index contributed by atoms with van der Waals surface area (Å²) in [5.41, 5.74) is 1.91. The molecule has 1 aliphatic rings. The molecule has 0 spiro atoms. The van der Waals surface area contributed by atoms with Crippen LogP contribution in [0.5, 0.6) is 0 Å². The minimum Gasteiger partial charge on any atom is -0.349 e. The lowest BCUT2D eigenvalue weighted by molar-refractivity contribution is 0.0950. The van der Waals surface area contributed by atoms with Gasteiger partial charge >= 0.3 is 0 Å². The number of benzene rings is 3. The van der Waals surface area contributed by atoms with Crippen LogP contribution >= 0.6 is 0 Å². The van der Waals surface area contributed by atoms with Crippen molar-refractivity contribution >= 4 is 28.3 Å². The van der Waals surface area contributed by atoms with Crippen molar-refractivity contribution < 1.29 is 9.59 Å². The Bertz CT molecular complexity index is 938. The van der Waals surface area contributed by atoms with Crippen molar-refractivity contribution in [1.29, 1.82) is 0 Å². The van der Waals surface area contributed by atoms with Gasteiger partial charge in [0.1, 0.15) is 0 Å². The summed E-state index contributed by atoms with van der Waals surface area (Å²) in [6.45, 7) is 0. The fourth-order valence-electron chi connectivity index (χ4n) is 2.82. The average molecular weight is 330 g/mol. The maximum absolute atomic E-state index is 12.6. The van der Waals surface area contributed by atoms with Gasteiger partial charge in [-0.1, -0.05) is 36.4 Å². The van der Waals surface area contributed by atoms with E-state index in [1.54, 1.807) is 24.3 Å². The Morgan fingerprint density at radius 2 is 1.52 bits per heavy atom. The second kappa shape index (κ2) is 6.40. The van der Waals surface area contributed by atoms with Gasteiger partial charge in [0.15, 0.2) is 0 Å². The highest BCUT2D eigenvalue weighted by Crippen LogP contribution is 2.21. The summed E-state index contributed by atoms with van der Waals surface area (Å²) in [7, 11) is 0. The van der Waals surface area contributed by atoms with E-state index in [-0.39, 0.29) is 11.8 Å². The molecule has 0 heterocycles. The molecule has 0 saturated heterocycles. The largest absolute Gasteiger partial charge is 0.349 e. The van der Waals surface area contributed by atoms with E-state index in [1.807, 2.05) is 42.5 Å². The molecule has 3 aromatic rings. The summed E-state index contributed by atoms with van der Waals surface area (Å²) in [6.07, 6.45) is 2.12. The van der Waals surface area contributed by atoms with Crippen LogP contribution in [0.15, 0.2) is 66.7 Å². The maximum atomic E-state index is 12.6. The van der Waals surface area contributed by atoms with Crippen LogP contribution in [-0.4, -0.2) is 17.9 Å². The molecule has 0 bridgehead atoms. The summed E-state index contributed by atoms with van der Waals surface area (Å²) in [5.74, 6) is -0.221. The number of fused-ring (bicyclic) bond motifs is 1. The zero-order valence-corrected chi connectivity index (χ0v) is 13.7. The van der Waals surface area contributed by atoms with Crippen molar-refractivity contribution in [2.45, 2.75) is 18.9 Å². The molecular formula is C21H18N2O2. The van der Waals surface area contributed by atoms with E-state index in [0.29, 0.717) is 22.9 Å². The van der Waals surface area contributed by atoms with Crippen LogP contribution in [-0.2, 0) is 0 Å². The molecule has 4 heteroatoms. The van der Waals surface area contributed by atoms with Crippen molar-refractivity contribution in [3.05, 3.63) is 77.9 Å². The van der Waals surface area contributed by atoms with Crippen molar-refractivity contribution in [3.63, 3.8) is 0 Å². The molecule has 4 rings (SSSR count). The van der Waals surface area contributed by atoms with Crippen LogP contribution in [0.1, 0.15) is 33.6 Å². The number of carbonyl (C=O) groups is 2. The molecule has 1 fully saturated rings. The Balaban J connectivity index is 1.51. The van der Waals surface area contributed by atoms with Crippen molar-refractivity contribution in [2.75, 3.05) is 5.32 Å². The summed E-state index contributed by atoms with van der Waals surface area (Å²) in [4.78, 5) is 24.6. The summed E-state index contributed by atoms with van der Waals surface area (Å²) < 4.78 is 0. The third-order valence-electron chi connectivity index (χ3n) is 4.35. The fourth-order valence-corrected chi connectivity index (χ4v) is 2.82. The molecule has 2 N–H and O–H groups in total.